The number of carbonyl (C=O) groups excluding carboxylic acids is 1. The summed E-state index contributed by atoms with van der Waals surface area (Å²) in [5, 5.41) is 10.9. The van der Waals surface area contributed by atoms with Gasteiger partial charge >= 0.3 is 6.09 Å². The summed E-state index contributed by atoms with van der Waals surface area (Å²) in [4.78, 5) is 12.0. The third kappa shape index (κ3) is 4.96. The van der Waals surface area contributed by atoms with E-state index in [1.54, 1.807) is 0 Å². The van der Waals surface area contributed by atoms with Gasteiger partial charge in [0.25, 0.3) is 0 Å². The lowest BCUT2D eigenvalue weighted by atomic mass is 9.76. The van der Waals surface area contributed by atoms with Crippen LogP contribution in [0, 0.1) is 0 Å². The molecular formula is C17H30N4O2. The van der Waals surface area contributed by atoms with Crippen LogP contribution in [-0.4, -0.2) is 33.6 Å². The summed E-state index contributed by atoms with van der Waals surface area (Å²) in [5.41, 5.74) is 0.514. The second-order valence-electron chi connectivity index (χ2n) is 7.49. The Morgan fingerprint density at radius 1 is 1.48 bits per heavy atom. The first-order valence-corrected chi connectivity index (χ1v) is 8.50. The van der Waals surface area contributed by atoms with Crippen molar-refractivity contribution in [2.24, 2.45) is 0 Å². The van der Waals surface area contributed by atoms with Crippen LogP contribution >= 0.6 is 0 Å². The van der Waals surface area contributed by atoms with Crippen molar-refractivity contribution >= 4 is 6.09 Å². The first-order chi connectivity index (χ1) is 10.7. The molecule has 6 nitrogen and oxygen atoms in total. The lowest BCUT2D eigenvalue weighted by Crippen LogP contribution is -2.60. The number of aryl methyl sites for hydroxylation is 1. The lowest BCUT2D eigenvalue weighted by molar-refractivity contribution is 0.0379. The average Bonchev–Trinajstić information content (AvgIpc) is 2.88. The minimum absolute atomic E-state index is 0.183. The maximum atomic E-state index is 12.0. The highest BCUT2D eigenvalue weighted by atomic mass is 16.6. The smallest absolute Gasteiger partial charge is 0.408 e. The summed E-state index contributed by atoms with van der Waals surface area (Å²) in [6.07, 6.45) is 6.74. The largest absolute Gasteiger partial charge is 0.444 e. The van der Waals surface area contributed by atoms with Crippen molar-refractivity contribution in [3.8, 4) is 0 Å². The fourth-order valence-electron chi connectivity index (χ4n) is 2.71. The average molecular weight is 322 g/mol. The normalized spacial score (nSPS) is 18.1. The van der Waals surface area contributed by atoms with Crippen molar-refractivity contribution in [2.75, 3.05) is 6.54 Å². The van der Waals surface area contributed by atoms with Crippen LogP contribution in [0.15, 0.2) is 12.4 Å². The highest BCUT2D eigenvalue weighted by Gasteiger charge is 2.39. The summed E-state index contributed by atoms with van der Waals surface area (Å²) in [7, 11) is 0. The Kier molecular flexibility index (Phi) is 5.34. The number of hydrogen-bond acceptors (Lipinski definition) is 4. The molecule has 0 saturated heterocycles. The number of ether oxygens (including phenoxy) is 1. The van der Waals surface area contributed by atoms with Crippen molar-refractivity contribution in [3.05, 3.63) is 18.0 Å². The van der Waals surface area contributed by atoms with Gasteiger partial charge in [-0.2, -0.15) is 5.10 Å². The second-order valence-corrected chi connectivity index (χ2v) is 7.49. The van der Waals surface area contributed by atoms with Crippen molar-refractivity contribution < 1.29 is 9.53 Å². The van der Waals surface area contributed by atoms with Crippen LogP contribution < -0.4 is 10.6 Å². The molecule has 1 fully saturated rings. The molecule has 2 rings (SSSR count). The summed E-state index contributed by atoms with van der Waals surface area (Å²) >= 11 is 0. The molecule has 1 aliphatic carbocycles. The van der Waals surface area contributed by atoms with E-state index in [1.807, 2.05) is 31.6 Å². The first kappa shape index (κ1) is 17.8. The van der Waals surface area contributed by atoms with Gasteiger partial charge in [-0.1, -0.05) is 0 Å². The molecule has 1 aromatic heterocycles. The van der Waals surface area contributed by atoms with E-state index in [0.29, 0.717) is 0 Å². The quantitative estimate of drug-likeness (QED) is 0.845. The molecular weight excluding hydrogens is 292 g/mol. The maximum Gasteiger partial charge on any atom is 0.408 e. The molecule has 0 aromatic carbocycles. The van der Waals surface area contributed by atoms with E-state index in [-0.39, 0.29) is 17.7 Å². The maximum absolute atomic E-state index is 12.0. The zero-order valence-electron chi connectivity index (χ0n) is 15.0. The molecule has 130 valence electrons. The molecule has 1 aromatic rings. The van der Waals surface area contributed by atoms with E-state index in [0.717, 1.165) is 32.4 Å². The predicted octanol–water partition coefficient (Wildman–Crippen LogP) is 3.00. The Bertz CT molecular complexity index is 529. The van der Waals surface area contributed by atoms with Gasteiger partial charge < -0.3 is 15.4 Å². The number of carbonyl (C=O) groups is 1. The predicted molar refractivity (Wildman–Crippen MR) is 90.3 cm³/mol. The van der Waals surface area contributed by atoms with Gasteiger partial charge in [0.05, 0.1) is 11.7 Å². The van der Waals surface area contributed by atoms with Gasteiger partial charge in [0.1, 0.15) is 5.60 Å². The van der Waals surface area contributed by atoms with E-state index < -0.39 is 5.60 Å². The highest BCUT2D eigenvalue weighted by molar-refractivity contribution is 5.69. The highest BCUT2D eigenvalue weighted by Crippen LogP contribution is 2.32. The Morgan fingerprint density at radius 3 is 2.65 bits per heavy atom. The minimum Gasteiger partial charge on any atom is -0.444 e. The molecule has 0 radical (unpaired) electrons. The number of aromatic nitrogens is 2. The number of rotatable bonds is 6. The van der Waals surface area contributed by atoms with Crippen molar-refractivity contribution in [2.45, 2.75) is 77.6 Å². The van der Waals surface area contributed by atoms with Crippen LogP contribution in [-0.2, 0) is 11.3 Å². The molecule has 0 bridgehead atoms. The fraction of sp³-hybridized carbons (Fsp3) is 0.765. The summed E-state index contributed by atoms with van der Waals surface area (Å²) in [5.74, 6) is 0. The Morgan fingerprint density at radius 2 is 2.17 bits per heavy atom. The summed E-state index contributed by atoms with van der Waals surface area (Å²) < 4.78 is 7.31. The Hall–Kier alpha value is -1.56. The van der Waals surface area contributed by atoms with E-state index in [9.17, 15) is 4.79 Å². The van der Waals surface area contributed by atoms with Crippen LogP contribution in [0.5, 0.6) is 0 Å². The van der Waals surface area contributed by atoms with E-state index in [1.165, 1.54) is 5.56 Å². The molecule has 1 atom stereocenters. The Balaban J connectivity index is 1.87. The molecule has 6 heteroatoms. The van der Waals surface area contributed by atoms with Gasteiger partial charge in [0.2, 0.25) is 0 Å². The Labute approximate surface area is 139 Å². The second kappa shape index (κ2) is 6.91. The minimum atomic E-state index is -0.468. The number of nitrogens with zero attached hydrogens (tertiary/aromatic N) is 2. The van der Waals surface area contributed by atoms with Gasteiger partial charge in [-0.15, -0.1) is 0 Å². The van der Waals surface area contributed by atoms with Crippen LogP contribution in [0.25, 0.3) is 0 Å². The van der Waals surface area contributed by atoms with Crippen molar-refractivity contribution in [1.82, 2.24) is 20.4 Å². The molecule has 1 heterocycles. The van der Waals surface area contributed by atoms with Gasteiger partial charge in [-0.3, -0.25) is 4.68 Å². The standard InChI is InChI=1S/C17H30N4O2/c1-6-21-11-14(10-19-21)13(2)18-12-17(8-7-9-17)20-15(22)23-16(3,4)5/h10-11,13,18H,6-9,12H2,1-5H3,(H,20,22). The topological polar surface area (TPSA) is 68.2 Å². The van der Waals surface area contributed by atoms with E-state index in [4.69, 9.17) is 4.74 Å². The molecule has 1 aliphatic rings. The van der Waals surface area contributed by atoms with E-state index in [2.05, 4.69) is 35.8 Å². The van der Waals surface area contributed by atoms with Gasteiger partial charge in [-0.25, -0.2) is 4.79 Å². The molecule has 1 amide bonds. The van der Waals surface area contributed by atoms with Crippen LogP contribution in [0.4, 0.5) is 4.79 Å². The number of hydrogen-bond donors (Lipinski definition) is 2. The van der Waals surface area contributed by atoms with Crippen molar-refractivity contribution in [1.29, 1.82) is 0 Å². The SMILES string of the molecule is CCn1cc(C(C)NCC2(NC(=O)OC(C)(C)C)CCC2)cn1. The number of alkyl carbamates (subject to hydrolysis) is 1. The zero-order chi connectivity index (χ0) is 17.1. The molecule has 0 spiro atoms. The molecule has 23 heavy (non-hydrogen) atoms. The monoisotopic (exact) mass is 322 g/mol. The molecule has 0 aliphatic heterocycles. The number of amides is 1. The zero-order valence-corrected chi connectivity index (χ0v) is 15.0. The van der Waals surface area contributed by atoms with Crippen molar-refractivity contribution in [3.63, 3.8) is 0 Å². The molecule has 1 unspecified atom stereocenters. The van der Waals surface area contributed by atoms with Gasteiger partial charge in [0.15, 0.2) is 0 Å². The first-order valence-electron chi connectivity index (χ1n) is 8.50. The van der Waals surface area contributed by atoms with Crippen LogP contribution in [0.1, 0.15) is 65.5 Å². The van der Waals surface area contributed by atoms with Gasteiger partial charge in [-0.05, 0) is 53.9 Å². The third-order valence-electron chi connectivity index (χ3n) is 4.30. The van der Waals surface area contributed by atoms with Crippen LogP contribution in [0.2, 0.25) is 0 Å². The number of nitrogens with one attached hydrogen (secondary N) is 2. The van der Waals surface area contributed by atoms with E-state index >= 15 is 0 Å². The molecule has 2 N–H and O–H groups in total. The third-order valence-corrected chi connectivity index (χ3v) is 4.30. The van der Waals surface area contributed by atoms with Gasteiger partial charge in [0, 0.05) is 30.9 Å². The fourth-order valence-corrected chi connectivity index (χ4v) is 2.71. The summed E-state index contributed by atoms with van der Waals surface area (Å²) in [6, 6.07) is 0.202. The lowest BCUT2D eigenvalue weighted by Gasteiger charge is -2.43. The van der Waals surface area contributed by atoms with Crippen LogP contribution in [0.3, 0.4) is 0 Å². The summed E-state index contributed by atoms with van der Waals surface area (Å²) in [6.45, 7) is 11.4. The molecule has 1 saturated carbocycles.